The minimum atomic E-state index is -0.0804. The van der Waals surface area contributed by atoms with Gasteiger partial charge in [-0.1, -0.05) is 69.0 Å². The second-order valence-corrected chi connectivity index (χ2v) is 7.55. The van der Waals surface area contributed by atoms with Crippen LogP contribution in [0.5, 0.6) is 0 Å². The van der Waals surface area contributed by atoms with Crippen molar-refractivity contribution in [1.82, 2.24) is 15.3 Å². The summed E-state index contributed by atoms with van der Waals surface area (Å²) in [4.78, 5) is 21.6. The number of rotatable bonds is 4. The number of nitrogens with one attached hydrogen (secondary N) is 1. The Morgan fingerprint density at radius 1 is 1.10 bits per heavy atom. The van der Waals surface area contributed by atoms with E-state index in [0.29, 0.717) is 17.3 Å². The van der Waals surface area contributed by atoms with Gasteiger partial charge in [0.05, 0.1) is 5.52 Å². The number of halogens is 1. The summed E-state index contributed by atoms with van der Waals surface area (Å²) in [5.74, 6) is -0.0804. The van der Waals surface area contributed by atoms with E-state index < -0.39 is 0 Å². The molecule has 0 bridgehead atoms. The van der Waals surface area contributed by atoms with Crippen molar-refractivity contribution in [2.24, 2.45) is 0 Å². The molecule has 0 saturated heterocycles. The van der Waals surface area contributed by atoms with Gasteiger partial charge in [0.15, 0.2) is 0 Å². The van der Waals surface area contributed by atoms with Crippen LogP contribution in [0.4, 0.5) is 0 Å². The van der Waals surface area contributed by atoms with Crippen LogP contribution in [0.2, 0.25) is 5.15 Å². The van der Waals surface area contributed by atoms with Crippen LogP contribution in [-0.4, -0.2) is 21.9 Å². The molecular formula is C24H28ClN3O. The van der Waals surface area contributed by atoms with Crippen molar-refractivity contribution >= 4 is 28.4 Å². The van der Waals surface area contributed by atoms with Crippen molar-refractivity contribution in [3.05, 3.63) is 70.6 Å². The van der Waals surface area contributed by atoms with Gasteiger partial charge in [-0.15, -0.1) is 0 Å². The number of benzene rings is 1. The lowest BCUT2D eigenvalue weighted by molar-refractivity contribution is 0.0923. The zero-order valence-electron chi connectivity index (χ0n) is 17.1. The molecule has 0 aliphatic heterocycles. The molecule has 2 aromatic heterocycles. The Morgan fingerprint density at radius 2 is 1.86 bits per heavy atom. The van der Waals surface area contributed by atoms with Gasteiger partial charge in [-0.3, -0.25) is 4.79 Å². The first-order valence-corrected chi connectivity index (χ1v) is 10.9. The average molecular weight is 410 g/mol. The van der Waals surface area contributed by atoms with Gasteiger partial charge in [0, 0.05) is 17.6 Å². The van der Waals surface area contributed by atoms with Crippen LogP contribution in [0, 0.1) is 0 Å². The number of hydrogen-bond donors (Lipinski definition) is 1. The number of amides is 1. The van der Waals surface area contributed by atoms with E-state index in [4.69, 9.17) is 11.6 Å². The fourth-order valence-electron chi connectivity index (χ4n) is 3.75. The zero-order chi connectivity index (χ0) is 20.6. The Labute approximate surface area is 177 Å². The van der Waals surface area contributed by atoms with E-state index in [-0.39, 0.29) is 11.9 Å². The Hall–Kier alpha value is -2.46. The summed E-state index contributed by atoms with van der Waals surface area (Å²) < 4.78 is 0. The number of carbonyl (C=O) groups excluding carboxylic acids is 1. The highest BCUT2D eigenvalue weighted by molar-refractivity contribution is 6.29. The smallest absolute Gasteiger partial charge is 0.270 e. The molecule has 3 aromatic rings. The molecule has 0 unspecified atom stereocenters. The molecule has 1 fully saturated rings. The number of aromatic nitrogens is 2. The first-order chi connectivity index (χ1) is 14.2. The van der Waals surface area contributed by atoms with Gasteiger partial charge in [0.25, 0.3) is 5.91 Å². The summed E-state index contributed by atoms with van der Waals surface area (Å²) >= 11 is 5.90. The van der Waals surface area contributed by atoms with Crippen molar-refractivity contribution in [3.8, 4) is 0 Å². The Morgan fingerprint density at radius 3 is 2.59 bits per heavy atom. The quantitative estimate of drug-likeness (QED) is 0.540. The standard InChI is InChI=1S/C22H22ClN3O.C2H6/c23-21-11-10-15(14-24-21)12-16-13-20(26-19-9-5-4-8-18(16)19)22(27)25-17-6-2-1-3-7-17;1-2/h4-5,8-11,13-14,17H,1-3,6-7,12H2,(H,25,27);1-2H3. The molecule has 29 heavy (non-hydrogen) atoms. The molecule has 1 aliphatic rings. The van der Waals surface area contributed by atoms with Gasteiger partial charge in [-0.2, -0.15) is 0 Å². The van der Waals surface area contributed by atoms with E-state index >= 15 is 0 Å². The number of para-hydroxylation sites is 1. The number of fused-ring (bicyclic) bond motifs is 1. The number of pyridine rings is 2. The first kappa shape index (κ1) is 21.3. The minimum absolute atomic E-state index is 0.0804. The first-order valence-electron chi connectivity index (χ1n) is 10.5. The van der Waals surface area contributed by atoms with Gasteiger partial charge in [-0.05, 0) is 48.6 Å². The van der Waals surface area contributed by atoms with E-state index in [1.54, 1.807) is 12.3 Å². The third-order valence-corrected chi connectivity index (χ3v) is 5.38. The second kappa shape index (κ2) is 10.4. The summed E-state index contributed by atoms with van der Waals surface area (Å²) in [5.41, 5.74) is 3.44. The van der Waals surface area contributed by atoms with Gasteiger partial charge in [0.1, 0.15) is 10.8 Å². The summed E-state index contributed by atoms with van der Waals surface area (Å²) in [6.45, 7) is 4.00. The fraction of sp³-hybridized carbons (Fsp3) is 0.375. The highest BCUT2D eigenvalue weighted by Gasteiger charge is 2.18. The molecule has 5 heteroatoms. The van der Waals surface area contributed by atoms with E-state index in [1.807, 2.05) is 50.2 Å². The van der Waals surface area contributed by atoms with Gasteiger partial charge < -0.3 is 5.32 Å². The Bertz CT molecular complexity index is 950. The summed E-state index contributed by atoms with van der Waals surface area (Å²) in [7, 11) is 0. The highest BCUT2D eigenvalue weighted by Crippen LogP contribution is 2.23. The highest BCUT2D eigenvalue weighted by atomic mass is 35.5. The largest absolute Gasteiger partial charge is 0.348 e. The number of hydrogen-bond acceptors (Lipinski definition) is 3. The Balaban J connectivity index is 0.00000117. The molecule has 1 aliphatic carbocycles. The van der Waals surface area contributed by atoms with E-state index in [9.17, 15) is 4.79 Å². The molecule has 152 valence electrons. The lowest BCUT2D eigenvalue weighted by atomic mass is 9.95. The SMILES string of the molecule is CC.O=C(NC1CCCCC1)c1cc(Cc2ccc(Cl)nc2)c2ccccc2n1. The predicted molar refractivity (Wildman–Crippen MR) is 119 cm³/mol. The third-order valence-electron chi connectivity index (χ3n) is 5.16. The number of carbonyl (C=O) groups is 1. The molecule has 0 atom stereocenters. The van der Waals surface area contributed by atoms with Crippen LogP contribution in [0.25, 0.3) is 10.9 Å². The van der Waals surface area contributed by atoms with Crippen LogP contribution in [0.15, 0.2) is 48.7 Å². The monoisotopic (exact) mass is 409 g/mol. The molecule has 1 aromatic carbocycles. The van der Waals surface area contributed by atoms with Crippen LogP contribution < -0.4 is 5.32 Å². The van der Waals surface area contributed by atoms with Gasteiger partial charge in [-0.25, -0.2) is 9.97 Å². The van der Waals surface area contributed by atoms with Crippen molar-refractivity contribution in [2.45, 2.75) is 58.4 Å². The van der Waals surface area contributed by atoms with Crippen molar-refractivity contribution in [1.29, 1.82) is 0 Å². The van der Waals surface area contributed by atoms with Crippen LogP contribution in [-0.2, 0) is 6.42 Å². The normalized spacial score (nSPS) is 14.2. The lowest BCUT2D eigenvalue weighted by Gasteiger charge is -2.22. The maximum Gasteiger partial charge on any atom is 0.270 e. The van der Waals surface area contributed by atoms with E-state index in [0.717, 1.165) is 34.9 Å². The van der Waals surface area contributed by atoms with Crippen molar-refractivity contribution in [2.75, 3.05) is 0 Å². The Kier molecular flexibility index (Phi) is 7.59. The molecule has 1 saturated carbocycles. The fourth-order valence-corrected chi connectivity index (χ4v) is 3.86. The lowest BCUT2D eigenvalue weighted by Crippen LogP contribution is -2.36. The average Bonchev–Trinajstić information content (AvgIpc) is 2.77. The van der Waals surface area contributed by atoms with Crippen molar-refractivity contribution in [3.63, 3.8) is 0 Å². The predicted octanol–water partition coefficient (Wildman–Crippen LogP) is 5.96. The molecular weight excluding hydrogens is 382 g/mol. The molecule has 0 radical (unpaired) electrons. The molecule has 2 heterocycles. The maximum atomic E-state index is 12.8. The topological polar surface area (TPSA) is 54.9 Å². The molecule has 4 nitrogen and oxygen atoms in total. The molecule has 1 amide bonds. The van der Waals surface area contributed by atoms with Gasteiger partial charge in [0.2, 0.25) is 0 Å². The third kappa shape index (κ3) is 5.54. The summed E-state index contributed by atoms with van der Waals surface area (Å²) in [6.07, 6.45) is 8.21. The minimum Gasteiger partial charge on any atom is -0.348 e. The molecule has 0 spiro atoms. The van der Waals surface area contributed by atoms with Crippen LogP contribution in [0.3, 0.4) is 0 Å². The zero-order valence-corrected chi connectivity index (χ0v) is 17.9. The molecule has 1 N–H and O–H groups in total. The summed E-state index contributed by atoms with van der Waals surface area (Å²) in [6, 6.07) is 13.9. The maximum absolute atomic E-state index is 12.8. The van der Waals surface area contributed by atoms with Crippen molar-refractivity contribution < 1.29 is 4.79 Å². The molecule has 4 rings (SSSR count). The summed E-state index contributed by atoms with van der Waals surface area (Å²) in [5, 5.41) is 4.70. The van der Waals surface area contributed by atoms with Crippen LogP contribution in [0.1, 0.15) is 67.6 Å². The van der Waals surface area contributed by atoms with Gasteiger partial charge >= 0.3 is 0 Å². The number of nitrogens with zero attached hydrogens (tertiary/aromatic N) is 2. The second-order valence-electron chi connectivity index (χ2n) is 7.16. The van der Waals surface area contributed by atoms with E-state index in [2.05, 4.69) is 15.3 Å². The van der Waals surface area contributed by atoms with Crippen LogP contribution >= 0.6 is 11.6 Å². The van der Waals surface area contributed by atoms with E-state index in [1.165, 1.54) is 19.3 Å².